The minimum absolute atomic E-state index is 0.0320. The molecule has 1 amide bonds. The van der Waals surface area contributed by atoms with Crippen molar-refractivity contribution in [1.82, 2.24) is 0 Å². The van der Waals surface area contributed by atoms with Crippen molar-refractivity contribution in [2.75, 3.05) is 37.0 Å². The number of aromatic hydroxyl groups is 1. The Bertz CT molecular complexity index is 2420. The molecule has 20 atom stereocenters. The lowest BCUT2D eigenvalue weighted by molar-refractivity contribution is -0.235. The Labute approximate surface area is 437 Å². The summed E-state index contributed by atoms with van der Waals surface area (Å²) in [5.41, 5.74) is -11.3. The van der Waals surface area contributed by atoms with E-state index in [-0.39, 0.29) is 81.0 Å². The Morgan fingerprint density at radius 1 is 0.959 bits per heavy atom. The number of carbonyl (C=O) groups excluding carboxylic acids is 2. The van der Waals surface area contributed by atoms with E-state index in [1.54, 1.807) is 17.0 Å². The molecule has 73 heavy (non-hydrogen) atoms. The highest BCUT2D eigenvalue weighted by Gasteiger charge is 2.79. The monoisotopic (exact) mass is 1050 g/mol. The Hall–Kier alpha value is -2.06. The maximum atomic E-state index is 16.1. The molecule has 20 unspecified atom stereocenters. The van der Waals surface area contributed by atoms with Gasteiger partial charge in [-0.1, -0.05) is 67.9 Å². The molecule has 14 nitrogen and oxygen atoms in total. The molecule has 5 heterocycles. The molecule has 8 bridgehead atoms. The predicted molar refractivity (Wildman–Crippen MR) is 277 cm³/mol. The largest absolute Gasteiger partial charge is 0.508 e. The number of nitrogens with zero attached hydrogens (tertiary/aromatic N) is 1. The molecule has 5 aliphatic heterocycles. The molecule has 7 fully saturated rings. The highest BCUT2D eigenvalue weighted by molar-refractivity contribution is 8.76. The summed E-state index contributed by atoms with van der Waals surface area (Å²) < 4.78 is 6.51. The SMILES string of the molecule is CC(C)C(C)C1OC1C1(O)CC=CC2CC3C4=CC(=O)C5(CC(O)C(O)(CO)CC35C)C(O)SSCC3CCCC(CO)C35C(=O)N(CC53CCC(CCCO)C3O)c3cc(O)cc(c3)CCC23C1CCC43O. The lowest BCUT2D eigenvalue weighted by atomic mass is 9.38. The fraction of sp³-hybridized carbons (Fsp3) is 0.789. The summed E-state index contributed by atoms with van der Waals surface area (Å²) in [5.74, 6) is -2.66. The van der Waals surface area contributed by atoms with Crippen molar-refractivity contribution >= 4 is 39.0 Å². The molecule has 0 aromatic heterocycles. The maximum absolute atomic E-state index is 16.1. The molecule has 1 aromatic carbocycles. The topological polar surface area (TPSA) is 252 Å². The van der Waals surface area contributed by atoms with Gasteiger partial charge in [-0.15, -0.1) is 0 Å². The number of amides is 1. The number of rotatable bonds is 8. The number of phenolic OH excluding ortho intramolecular Hbond substituents is 1. The van der Waals surface area contributed by atoms with Crippen molar-refractivity contribution in [1.29, 1.82) is 0 Å². The number of ketones is 1. The zero-order valence-electron chi connectivity index (χ0n) is 43.1. The van der Waals surface area contributed by atoms with Crippen LogP contribution < -0.4 is 4.90 Å². The van der Waals surface area contributed by atoms with E-state index in [1.807, 2.05) is 19.1 Å². The smallest absolute Gasteiger partial charge is 0.234 e. The van der Waals surface area contributed by atoms with Crippen LogP contribution in [-0.4, -0.2) is 142 Å². The van der Waals surface area contributed by atoms with Crippen molar-refractivity contribution < 1.29 is 65.4 Å². The number of aliphatic hydroxyl groups is 9. The second kappa shape index (κ2) is 18.3. The average molecular weight is 1050 g/mol. The van der Waals surface area contributed by atoms with Crippen molar-refractivity contribution in [3.05, 3.63) is 47.6 Å². The summed E-state index contributed by atoms with van der Waals surface area (Å²) in [7, 11) is 2.43. The first-order chi connectivity index (χ1) is 34.6. The van der Waals surface area contributed by atoms with Gasteiger partial charge in [-0.3, -0.25) is 9.59 Å². The Morgan fingerprint density at radius 2 is 1.74 bits per heavy atom. The molecule has 1 aromatic rings. The Kier molecular flexibility index (Phi) is 13.2. The third kappa shape index (κ3) is 6.99. The minimum atomic E-state index is -2.03. The van der Waals surface area contributed by atoms with Crippen LogP contribution in [0.15, 0.2) is 42.0 Å². The number of hydrogen-bond acceptors (Lipinski definition) is 15. The Morgan fingerprint density at radius 3 is 2.47 bits per heavy atom. The third-order valence-electron chi connectivity index (χ3n) is 22.9. The fourth-order valence-corrected chi connectivity index (χ4v) is 22.2. The molecule has 7 aliphatic carbocycles. The van der Waals surface area contributed by atoms with Crippen LogP contribution in [0.3, 0.4) is 0 Å². The molecule has 12 aliphatic rings. The van der Waals surface area contributed by atoms with Crippen LogP contribution in [-0.2, 0) is 20.7 Å². The number of aryl methyl sites for hydroxylation is 1. The maximum Gasteiger partial charge on any atom is 0.234 e. The zero-order chi connectivity index (χ0) is 52.1. The number of hydrogen-bond donors (Lipinski definition) is 10. The van der Waals surface area contributed by atoms with Crippen molar-refractivity contribution in [2.45, 2.75) is 171 Å². The lowest BCUT2D eigenvalue weighted by Gasteiger charge is -2.68. The van der Waals surface area contributed by atoms with Crippen LogP contribution in [0.1, 0.15) is 123 Å². The zero-order valence-corrected chi connectivity index (χ0v) is 44.7. The number of aliphatic hydroxyl groups excluding tert-OH is 6. The van der Waals surface area contributed by atoms with Gasteiger partial charge in [-0.25, -0.2) is 0 Å². The number of fused-ring (bicyclic) bond motifs is 1. The lowest BCUT2D eigenvalue weighted by Crippen LogP contribution is -2.72. The summed E-state index contributed by atoms with van der Waals surface area (Å²) in [6, 6.07) is 5.23. The van der Waals surface area contributed by atoms with Gasteiger partial charge in [0.25, 0.3) is 0 Å². The van der Waals surface area contributed by atoms with Gasteiger partial charge in [-0.2, -0.15) is 0 Å². The number of phenols is 1. The molecule has 5 saturated carbocycles. The third-order valence-corrected chi connectivity index (χ3v) is 25.6. The highest BCUT2D eigenvalue weighted by Crippen LogP contribution is 2.77. The van der Waals surface area contributed by atoms with Gasteiger partial charge in [0.2, 0.25) is 5.91 Å². The van der Waals surface area contributed by atoms with Crippen LogP contribution in [0.25, 0.3) is 0 Å². The second-order valence-electron chi connectivity index (χ2n) is 25.8. The van der Waals surface area contributed by atoms with Gasteiger partial charge < -0.3 is 60.7 Å². The van der Waals surface area contributed by atoms with Crippen LogP contribution >= 0.6 is 21.6 Å². The van der Waals surface area contributed by atoms with E-state index >= 15 is 9.59 Å². The molecule has 2 saturated heterocycles. The molecule has 13 rings (SSSR count). The minimum Gasteiger partial charge on any atom is -0.508 e. The first kappa shape index (κ1) is 53.0. The number of anilines is 1. The highest BCUT2D eigenvalue weighted by atomic mass is 33.1. The molecule has 404 valence electrons. The average Bonchev–Trinajstić information content (AvgIpc) is 3.97. The molecular weight excluding hydrogens is 971 g/mol. The number of allylic oxidation sites excluding steroid dienone is 2. The van der Waals surface area contributed by atoms with Gasteiger partial charge >= 0.3 is 0 Å². The van der Waals surface area contributed by atoms with E-state index in [9.17, 15) is 51.1 Å². The number of benzene rings is 1. The first-order valence-electron chi connectivity index (χ1n) is 27.7. The van der Waals surface area contributed by atoms with Gasteiger partial charge in [0, 0.05) is 54.0 Å². The van der Waals surface area contributed by atoms with Crippen molar-refractivity contribution in [3.8, 4) is 5.75 Å². The van der Waals surface area contributed by atoms with E-state index in [2.05, 4.69) is 26.8 Å². The van der Waals surface area contributed by atoms with E-state index in [0.717, 1.165) is 17.2 Å². The summed E-state index contributed by atoms with van der Waals surface area (Å²) in [6.07, 6.45) is 7.82. The first-order valence-corrected chi connectivity index (χ1v) is 30.1. The van der Waals surface area contributed by atoms with E-state index in [0.29, 0.717) is 86.8 Å². The second-order valence-corrected chi connectivity index (χ2v) is 28.3. The van der Waals surface area contributed by atoms with Crippen LogP contribution in [0.4, 0.5) is 5.69 Å². The molecule has 16 heteroatoms. The Balaban J connectivity index is 1.11. The number of epoxide rings is 1. The predicted octanol–water partition coefficient (Wildman–Crippen LogP) is 5.20. The van der Waals surface area contributed by atoms with Gasteiger partial charge in [0.05, 0.1) is 41.3 Å². The van der Waals surface area contributed by atoms with Gasteiger partial charge in [0.15, 0.2) is 5.78 Å². The van der Waals surface area contributed by atoms with Gasteiger partial charge in [0.1, 0.15) is 28.5 Å². The summed E-state index contributed by atoms with van der Waals surface area (Å²) in [6.45, 7) is 7.35. The quantitative estimate of drug-likeness (QED) is 0.0913. The molecule has 4 spiro atoms. The summed E-state index contributed by atoms with van der Waals surface area (Å²) >= 11 is 0. The normalized spacial score (nSPS) is 49.5. The van der Waals surface area contributed by atoms with Gasteiger partial charge in [-0.05, 0) is 166 Å². The van der Waals surface area contributed by atoms with Crippen molar-refractivity contribution in [3.63, 3.8) is 0 Å². The van der Waals surface area contributed by atoms with Crippen LogP contribution in [0, 0.1) is 74.4 Å². The van der Waals surface area contributed by atoms with E-state index in [4.69, 9.17) is 4.74 Å². The van der Waals surface area contributed by atoms with E-state index in [1.165, 1.54) is 16.9 Å². The molecule has 10 N–H and O–H groups in total. The van der Waals surface area contributed by atoms with Crippen LogP contribution in [0.2, 0.25) is 0 Å². The molecular formula is C57H81NO13S2. The number of carbonyl (C=O) groups is 2. The summed E-state index contributed by atoms with van der Waals surface area (Å²) in [5, 5.41) is 122. The van der Waals surface area contributed by atoms with Crippen LogP contribution in [0.5, 0.6) is 5.75 Å². The fourth-order valence-electron chi connectivity index (χ4n) is 19.1. The van der Waals surface area contributed by atoms with E-state index < -0.39 is 110 Å². The van der Waals surface area contributed by atoms with Crippen molar-refractivity contribution in [2.24, 2.45) is 74.4 Å². The standard InChI is InChI=1S/C57H81NO13S2/c1-31(2)32(3)45-47(71-45)55(69)15-6-11-35-22-40-41-24-43(63)54(25-44(64)52(68,30-61)28-50(40,54)4)49(67)73-72-27-37-10-5-9-36(26-60)57(37)48(66)58(29-51(57)16-13-34(46(51)65)8-7-19-59)38-20-33(21-39(62)23-38)12-17-53(35)42(55)14-18-56(41,53)70/h6,11,20-21,23-24,31-32,34-37,40,42,44-47,49,59-62,64-65,67-70H,5,7-10,12-19,22,25-30H2,1-4H3. The molecule has 0 radical (unpaired) electrons. The number of ether oxygens (including phenoxy) is 1. The summed E-state index contributed by atoms with van der Waals surface area (Å²) in [4.78, 5) is 33.6.